The van der Waals surface area contributed by atoms with Gasteiger partial charge in [-0.1, -0.05) is 110 Å². The third-order valence-corrected chi connectivity index (χ3v) is 4.89. The van der Waals surface area contributed by atoms with Crippen LogP contribution in [0.4, 0.5) is 0 Å². The predicted molar refractivity (Wildman–Crippen MR) is 103 cm³/mol. The van der Waals surface area contributed by atoms with Crippen molar-refractivity contribution in [3.63, 3.8) is 0 Å². The second-order valence-electron chi connectivity index (χ2n) is 7.27. The van der Waals surface area contributed by atoms with E-state index in [1.165, 1.54) is 109 Å². The fourth-order valence-electron chi connectivity index (χ4n) is 3.00. The topological polar surface area (TPSA) is 0 Å². The smallest absolute Gasteiger partial charge is 0.0381 e. The molecule has 0 aromatic rings. The van der Waals surface area contributed by atoms with Gasteiger partial charge in [0.15, 0.2) is 0 Å². The van der Waals surface area contributed by atoms with Crippen molar-refractivity contribution in [3.8, 4) is 0 Å². The third kappa shape index (κ3) is 20.4. The first-order chi connectivity index (χ1) is 10.3. The molecule has 0 radical (unpaired) electrons. The molecule has 0 spiro atoms. The minimum absolute atomic E-state index is 0.899. The highest BCUT2D eigenvalue weighted by Gasteiger charge is 1.96. The van der Waals surface area contributed by atoms with E-state index in [1.807, 2.05) is 0 Å². The average Bonchev–Trinajstić information content (AvgIpc) is 2.46. The van der Waals surface area contributed by atoms with Crippen molar-refractivity contribution in [1.82, 2.24) is 0 Å². The van der Waals surface area contributed by atoms with Crippen LogP contribution >= 0.6 is 9.24 Å². The van der Waals surface area contributed by atoms with E-state index in [-0.39, 0.29) is 0 Å². The Morgan fingerprint density at radius 2 is 0.762 bits per heavy atom. The third-order valence-electron chi connectivity index (χ3n) is 4.49. The van der Waals surface area contributed by atoms with Crippen molar-refractivity contribution in [1.29, 1.82) is 0 Å². The first-order valence-corrected chi connectivity index (χ1v) is 10.8. The summed E-state index contributed by atoms with van der Waals surface area (Å²) in [5, 5.41) is 0. The summed E-state index contributed by atoms with van der Waals surface area (Å²) in [4.78, 5) is 0. The van der Waals surface area contributed by atoms with Crippen LogP contribution < -0.4 is 0 Å². The van der Waals surface area contributed by atoms with Crippen molar-refractivity contribution in [2.75, 3.05) is 6.16 Å². The average molecular weight is 315 g/mol. The maximum Gasteiger partial charge on any atom is -0.0381 e. The molecule has 0 aliphatic rings. The van der Waals surface area contributed by atoms with Gasteiger partial charge in [-0.2, -0.15) is 0 Å². The maximum absolute atomic E-state index is 2.83. The Morgan fingerprint density at radius 1 is 0.476 bits per heavy atom. The first-order valence-electron chi connectivity index (χ1n) is 9.97. The Kier molecular flexibility index (Phi) is 18.9. The molecule has 0 rings (SSSR count). The summed E-state index contributed by atoms with van der Waals surface area (Å²) in [6.07, 6.45) is 24.8. The highest BCUT2D eigenvalue weighted by molar-refractivity contribution is 7.16. The van der Waals surface area contributed by atoms with Gasteiger partial charge in [-0.05, 0) is 18.5 Å². The number of unbranched alkanes of at least 4 members (excludes halogenated alkanes) is 14. The molecular weight excluding hydrogens is 271 g/mol. The van der Waals surface area contributed by atoms with Gasteiger partial charge in [0, 0.05) is 0 Å². The first kappa shape index (κ1) is 21.4. The molecule has 0 fully saturated rings. The molecule has 21 heavy (non-hydrogen) atoms. The van der Waals surface area contributed by atoms with Crippen LogP contribution in [-0.2, 0) is 0 Å². The molecule has 0 saturated heterocycles. The molecule has 1 atom stereocenters. The molecule has 1 unspecified atom stereocenters. The Balaban J connectivity index is 2.93. The van der Waals surface area contributed by atoms with E-state index in [1.54, 1.807) is 0 Å². The predicted octanol–water partition coefficient (Wildman–Crippen LogP) is 7.76. The molecule has 0 heterocycles. The summed E-state index contributed by atoms with van der Waals surface area (Å²) < 4.78 is 0. The van der Waals surface area contributed by atoms with Gasteiger partial charge in [0.25, 0.3) is 0 Å². The highest BCUT2D eigenvalue weighted by Crippen LogP contribution is 2.14. The van der Waals surface area contributed by atoms with Gasteiger partial charge in [-0.25, -0.2) is 0 Å². The van der Waals surface area contributed by atoms with Crippen LogP contribution in [-0.4, -0.2) is 6.16 Å². The highest BCUT2D eigenvalue weighted by atomic mass is 31.0. The summed E-state index contributed by atoms with van der Waals surface area (Å²) in [7, 11) is 2.83. The summed E-state index contributed by atoms with van der Waals surface area (Å²) in [5.74, 6) is 0.899. The van der Waals surface area contributed by atoms with Gasteiger partial charge in [-0.15, -0.1) is 9.24 Å². The minimum Gasteiger partial charge on any atom is -0.138 e. The van der Waals surface area contributed by atoms with Crippen LogP contribution in [0.3, 0.4) is 0 Å². The van der Waals surface area contributed by atoms with Crippen molar-refractivity contribution in [2.24, 2.45) is 5.92 Å². The van der Waals surface area contributed by atoms with E-state index in [2.05, 4.69) is 23.1 Å². The van der Waals surface area contributed by atoms with Gasteiger partial charge >= 0.3 is 0 Å². The van der Waals surface area contributed by atoms with Crippen LogP contribution in [0.5, 0.6) is 0 Å². The van der Waals surface area contributed by atoms with Crippen molar-refractivity contribution < 1.29 is 0 Å². The number of hydrogen-bond acceptors (Lipinski definition) is 0. The Hall–Kier alpha value is 0.430. The maximum atomic E-state index is 2.83. The molecule has 0 aliphatic carbocycles. The summed E-state index contributed by atoms with van der Waals surface area (Å²) in [6.45, 7) is 4.68. The van der Waals surface area contributed by atoms with Crippen LogP contribution in [0, 0.1) is 5.92 Å². The molecule has 0 amide bonds. The molecule has 0 nitrogen and oxygen atoms in total. The second-order valence-corrected chi connectivity index (χ2v) is 7.85. The normalized spacial score (nSPS) is 11.4. The lowest BCUT2D eigenvalue weighted by atomic mass is 10.0. The lowest BCUT2D eigenvalue weighted by molar-refractivity contribution is 0.502. The van der Waals surface area contributed by atoms with Crippen LogP contribution in [0.15, 0.2) is 0 Å². The van der Waals surface area contributed by atoms with Gasteiger partial charge in [-0.3, -0.25) is 0 Å². The van der Waals surface area contributed by atoms with E-state index in [0.29, 0.717) is 0 Å². The summed E-state index contributed by atoms with van der Waals surface area (Å²) in [6, 6.07) is 0. The zero-order valence-corrected chi connectivity index (χ0v) is 16.3. The Labute approximate surface area is 138 Å². The molecule has 0 aromatic heterocycles. The monoisotopic (exact) mass is 314 g/mol. The molecule has 0 bridgehead atoms. The molecule has 0 N–H and O–H groups in total. The second kappa shape index (κ2) is 18.5. The van der Waals surface area contributed by atoms with Crippen molar-refractivity contribution in [2.45, 2.75) is 117 Å². The largest absolute Gasteiger partial charge is 0.138 e. The quantitative estimate of drug-likeness (QED) is 0.190. The van der Waals surface area contributed by atoms with E-state index in [0.717, 1.165) is 5.92 Å². The van der Waals surface area contributed by atoms with E-state index >= 15 is 0 Å². The minimum atomic E-state index is 0.899. The zero-order chi connectivity index (χ0) is 15.6. The van der Waals surface area contributed by atoms with Gasteiger partial charge in [0.1, 0.15) is 0 Å². The van der Waals surface area contributed by atoms with Crippen LogP contribution in [0.2, 0.25) is 0 Å². The van der Waals surface area contributed by atoms with E-state index < -0.39 is 0 Å². The Bertz CT molecular complexity index is 177. The zero-order valence-electron chi connectivity index (χ0n) is 15.2. The fraction of sp³-hybridized carbons (Fsp3) is 1.00. The van der Waals surface area contributed by atoms with E-state index in [9.17, 15) is 0 Å². The number of hydrogen-bond donors (Lipinski definition) is 0. The molecule has 0 saturated carbocycles. The molecule has 0 aromatic carbocycles. The number of rotatable bonds is 17. The summed E-state index contributed by atoms with van der Waals surface area (Å²) >= 11 is 0. The van der Waals surface area contributed by atoms with Gasteiger partial charge in [0.05, 0.1) is 0 Å². The SMILES string of the molecule is CC(C)CCCCCCCCCCCCCCCCCP. The van der Waals surface area contributed by atoms with Crippen LogP contribution in [0.25, 0.3) is 0 Å². The van der Waals surface area contributed by atoms with Crippen LogP contribution in [0.1, 0.15) is 117 Å². The molecular formula is C20H43P. The summed E-state index contributed by atoms with van der Waals surface area (Å²) in [5.41, 5.74) is 0. The van der Waals surface area contributed by atoms with Crippen molar-refractivity contribution in [3.05, 3.63) is 0 Å². The molecule has 128 valence electrons. The lowest BCUT2D eigenvalue weighted by Crippen LogP contribution is -1.87. The molecule has 1 heteroatoms. The Morgan fingerprint density at radius 3 is 1.05 bits per heavy atom. The standard InChI is InChI=1S/C20H43P/c1-20(2)18-16-14-12-10-8-6-4-3-5-7-9-11-13-15-17-19-21/h20H,3-19,21H2,1-2H3. The molecule has 0 aliphatic heterocycles. The van der Waals surface area contributed by atoms with Gasteiger partial charge < -0.3 is 0 Å². The van der Waals surface area contributed by atoms with Gasteiger partial charge in [0.2, 0.25) is 0 Å². The van der Waals surface area contributed by atoms with E-state index in [4.69, 9.17) is 0 Å². The lowest BCUT2D eigenvalue weighted by Gasteiger charge is -2.05. The van der Waals surface area contributed by atoms with Crippen molar-refractivity contribution >= 4 is 9.24 Å². The fourth-order valence-corrected chi connectivity index (χ4v) is 3.28.